The molecule has 2 heterocycles. The topological polar surface area (TPSA) is 46.9 Å². The van der Waals surface area contributed by atoms with Gasteiger partial charge in [-0.25, -0.2) is 4.98 Å². The molecule has 5 heteroatoms. The molecule has 1 amide bonds. The maximum absolute atomic E-state index is 11.8. The normalized spacial score (nSPS) is 10.4. The zero-order valence-electron chi connectivity index (χ0n) is 10.3. The summed E-state index contributed by atoms with van der Waals surface area (Å²) in [5.41, 5.74) is 2.72. The van der Waals surface area contributed by atoms with Crippen LogP contribution in [0.3, 0.4) is 0 Å². The highest BCUT2D eigenvalue weighted by molar-refractivity contribution is 6.29. The van der Waals surface area contributed by atoms with Crippen LogP contribution in [0.4, 0.5) is 0 Å². The van der Waals surface area contributed by atoms with Gasteiger partial charge in [-0.3, -0.25) is 4.79 Å². The summed E-state index contributed by atoms with van der Waals surface area (Å²) < 4.78 is 2.04. The van der Waals surface area contributed by atoms with Gasteiger partial charge in [0.05, 0.1) is 12.1 Å². The van der Waals surface area contributed by atoms with Gasteiger partial charge in [0.2, 0.25) is 0 Å². The second-order valence-electron chi connectivity index (χ2n) is 4.08. The van der Waals surface area contributed by atoms with Crippen LogP contribution in [0.5, 0.6) is 0 Å². The zero-order chi connectivity index (χ0) is 13.1. The highest BCUT2D eigenvalue weighted by Gasteiger charge is 2.07. The predicted octanol–water partition coefficient (Wildman–Crippen LogP) is 2.31. The molecule has 18 heavy (non-hydrogen) atoms. The van der Waals surface area contributed by atoms with E-state index in [1.165, 1.54) is 6.20 Å². The fraction of sp³-hybridized carbons (Fsp3) is 0.231. The summed E-state index contributed by atoms with van der Waals surface area (Å²) in [5, 5.41) is 3.23. The number of hydrogen-bond acceptors (Lipinski definition) is 2. The van der Waals surface area contributed by atoms with Gasteiger partial charge in [-0.05, 0) is 31.2 Å². The van der Waals surface area contributed by atoms with Gasteiger partial charge in [-0.2, -0.15) is 0 Å². The molecule has 2 aromatic rings. The first-order valence-electron chi connectivity index (χ1n) is 5.59. The average molecular weight is 264 g/mol. The minimum atomic E-state index is -0.155. The van der Waals surface area contributed by atoms with E-state index in [0.717, 1.165) is 11.4 Å². The molecule has 0 saturated heterocycles. The molecule has 2 rings (SSSR count). The fourth-order valence-corrected chi connectivity index (χ4v) is 1.74. The molecule has 0 saturated carbocycles. The monoisotopic (exact) mass is 263 g/mol. The van der Waals surface area contributed by atoms with Crippen LogP contribution < -0.4 is 5.32 Å². The Kier molecular flexibility index (Phi) is 3.67. The lowest BCUT2D eigenvalue weighted by Gasteiger charge is -2.07. The lowest BCUT2D eigenvalue weighted by atomic mass is 10.2. The summed E-state index contributed by atoms with van der Waals surface area (Å²) in [7, 11) is 1.97. The van der Waals surface area contributed by atoms with E-state index in [-0.39, 0.29) is 5.91 Å². The molecule has 0 unspecified atom stereocenters. The summed E-state index contributed by atoms with van der Waals surface area (Å²) in [6.45, 7) is 2.51. The molecule has 0 aliphatic carbocycles. The van der Waals surface area contributed by atoms with Gasteiger partial charge in [0.15, 0.2) is 0 Å². The van der Waals surface area contributed by atoms with Crippen molar-refractivity contribution in [3.8, 4) is 0 Å². The Balaban J connectivity index is 2.00. The van der Waals surface area contributed by atoms with Gasteiger partial charge in [-0.15, -0.1) is 0 Å². The van der Waals surface area contributed by atoms with E-state index >= 15 is 0 Å². The molecule has 94 valence electrons. The molecule has 0 bridgehead atoms. The Labute approximate surface area is 111 Å². The molecule has 0 fully saturated rings. The molecule has 0 aliphatic rings. The number of halogens is 1. The van der Waals surface area contributed by atoms with Gasteiger partial charge in [0, 0.05) is 24.6 Å². The number of nitrogens with zero attached hydrogens (tertiary/aromatic N) is 2. The molecule has 0 aliphatic heterocycles. The van der Waals surface area contributed by atoms with Crippen molar-refractivity contribution in [1.82, 2.24) is 14.9 Å². The smallest absolute Gasteiger partial charge is 0.253 e. The third-order valence-electron chi connectivity index (χ3n) is 2.90. The summed E-state index contributed by atoms with van der Waals surface area (Å²) in [6, 6.07) is 7.27. The summed E-state index contributed by atoms with van der Waals surface area (Å²) >= 11 is 5.67. The minimum absolute atomic E-state index is 0.155. The van der Waals surface area contributed by atoms with Gasteiger partial charge in [0.1, 0.15) is 5.15 Å². The first-order valence-corrected chi connectivity index (χ1v) is 5.96. The van der Waals surface area contributed by atoms with Crippen LogP contribution >= 0.6 is 11.6 Å². The highest BCUT2D eigenvalue weighted by atomic mass is 35.5. The average Bonchev–Trinajstić information content (AvgIpc) is 2.68. The molecular weight excluding hydrogens is 250 g/mol. The second-order valence-corrected chi connectivity index (χ2v) is 4.46. The van der Waals surface area contributed by atoms with Gasteiger partial charge < -0.3 is 9.88 Å². The van der Waals surface area contributed by atoms with Crippen LogP contribution in [0.1, 0.15) is 21.7 Å². The molecule has 0 aromatic carbocycles. The maximum atomic E-state index is 11.8. The standard InChI is InChI=1S/C13H14ClN3O/c1-9-3-5-11(17(9)2)8-16-13(18)10-4-6-12(14)15-7-10/h3-7H,8H2,1-2H3,(H,16,18). The Morgan fingerprint density at radius 1 is 1.39 bits per heavy atom. The molecule has 0 atom stereocenters. The maximum Gasteiger partial charge on any atom is 0.253 e. The van der Waals surface area contributed by atoms with E-state index in [1.54, 1.807) is 12.1 Å². The Hall–Kier alpha value is -1.81. The zero-order valence-corrected chi connectivity index (χ0v) is 11.0. The van der Waals surface area contributed by atoms with E-state index in [4.69, 9.17) is 11.6 Å². The van der Waals surface area contributed by atoms with Crippen LogP contribution in [-0.4, -0.2) is 15.5 Å². The summed E-state index contributed by atoms with van der Waals surface area (Å²) in [4.78, 5) is 15.7. The van der Waals surface area contributed by atoms with Crippen LogP contribution in [-0.2, 0) is 13.6 Å². The minimum Gasteiger partial charge on any atom is -0.350 e. The van der Waals surface area contributed by atoms with Gasteiger partial charge >= 0.3 is 0 Å². The summed E-state index contributed by atoms with van der Waals surface area (Å²) in [5.74, 6) is -0.155. The van der Waals surface area contributed by atoms with Crippen molar-refractivity contribution < 1.29 is 4.79 Å². The largest absolute Gasteiger partial charge is 0.350 e. The highest BCUT2D eigenvalue weighted by Crippen LogP contribution is 2.07. The van der Waals surface area contributed by atoms with Crippen LogP contribution in [0, 0.1) is 6.92 Å². The van der Waals surface area contributed by atoms with Crippen molar-refractivity contribution in [1.29, 1.82) is 0 Å². The quantitative estimate of drug-likeness (QED) is 0.864. The number of rotatable bonds is 3. The first-order chi connectivity index (χ1) is 8.58. The third-order valence-corrected chi connectivity index (χ3v) is 3.12. The number of pyridine rings is 1. The van der Waals surface area contributed by atoms with E-state index in [1.807, 2.05) is 30.7 Å². The van der Waals surface area contributed by atoms with Crippen LogP contribution in [0.2, 0.25) is 5.15 Å². The molecular formula is C13H14ClN3O. The van der Waals surface area contributed by atoms with Crippen molar-refractivity contribution in [2.24, 2.45) is 7.05 Å². The van der Waals surface area contributed by atoms with Crippen molar-refractivity contribution in [2.45, 2.75) is 13.5 Å². The van der Waals surface area contributed by atoms with Crippen molar-refractivity contribution in [3.05, 3.63) is 52.6 Å². The number of amides is 1. The lowest BCUT2D eigenvalue weighted by molar-refractivity contribution is 0.0950. The van der Waals surface area contributed by atoms with E-state index in [0.29, 0.717) is 17.3 Å². The Morgan fingerprint density at radius 2 is 2.17 bits per heavy atom. The second kappa shape index (κ2) is 5.23. The number of aryl methyl sites for hydroxylation is 1. The first kappa shape index (κ1) is 12.6. The predicted molar refractivity (Wildman–Crippen MR) is 70.6 cm³/mol. The van der Waals surface area contributed by atoms with Gasteiger partial charge in [-0.1, -0.05) is 11.6 Å². The van der Waals surface area contributed by atoms with E-state index in [9.17, 15) is 4.79 Å². The molecule has 2 aromatic heterocycles. The molecule has 1 N–H and O–H groups in total. The van der Waals surface area contributed by atoms with Crippen molar-refractivity contribution in [3.63, 3.8) is 0 Å². The molecule has 4 nitrogen and oxygen atoms in total. The van der Waals surface area contributed by atoms with Crippen molar-refractivity contribution in [2.75, 3.05) is 0 Å². The summed E-state index contributed by atoms with van der Waals surface area (Å²) in [6.07, 6.45) is 1.47. The molecule has 0 radical (unpaired) electrons. The molecule has 0 spiro atoms. The van der Waals surface area contributed by atoms with Crippen LogP contribution in [0.25, 0.3) is 0 Å². The Bertz CT molecular complexity index is 560. The third kappa shape index (κ3) is 2.71. The van der Waals surface area contributed by atoms with E-state index < -0.39 is 0 Å². The SMILES string of the molecule is Cc1ccc(CNC(=O)c2ccc(Cl)nc2)n1C. The van der Waals surface area contributed by atoms with Crippen LogP contribution in [0.15, 0.2) is 30.5 Å². The number of carbonyl (C=O) groups excluding carboxylic acids is 1. The number of aromatic nitrogens is 2. The number of nitrogens with one attached hydrogen (secondary N) is 1. The van der Waals surface area contributed by atoms with E-state index in [2.05, 4.69) is 10.3 Å². The van der Waals surface area contributed by atoms with Crippen molar-refractivity contribution >= 4 is 17.5 Å². The fourth-order valence-electron chi connectivity index (χ4n) is 1.63. The Morgan fingerprint density at radius 3 is 2.72 bits per heavy atom. The number of hydrogen-bond donors (Lipinski definition) is 1. The number of carbonyl (C=O) groups is 1. The van der Waals surface area contributed by atoms with Gasteiger partial charge in [0.25, 0.3) is 5.91 Å². The lowest BCUT2D eigenvalue weighted by Crippen LogP contribution is -2.24.